The maximum Gasteiger partial charge on any atom is 0.397 e. The number of hydrogen-bond donors (Lipinski definition) is 7. The lowest BCUT2D eigenvalue weighted by Gasteiger charge is -2.39. The lowest BCUT2D eigenvalue weighted by molar-refractivity contribution is -0.146. The molecule has 2 fully saturated rings. The maximum absolute atomic E-state index is 14.4. The largest absolute Gasteiger partial charge is 0.505 e. The zero-order valence-corrected chi connectivity index (χ0v) is 28.6. The van der Waals surface area contributed by atoms with Gasteiger partial charge in [-0.25, -0.2) is 4.18 Å². The standard InChI is InChI=1S/C29H44Cl2N6O9S/c1-3-15(2)24(36-27(41)23(38)12-16-10-19(30)25(39)20(31)11-16)28(42)37-21-14-18(46-47(43,44)45)7-6-17(21)13-22(37)26(40)34-8-4-5-9-35-29(32)33/h10-11,15,17-18,21-24,38-39H,3-9,12-14H2,1-2H3,(H,34,40)(H,36,41)(H4,32,33,35)(H,43,44,45). The molecule has 1 saturated heterocycles. The number of benzene rings is 1. The van der Waals surface area contributed by atoms with E-state index in [9.17, 15) is 37.6 Å². The van der Waals surface area contributed by atoms with E-state index in [2.05, 4.69) is 15.6 Å². The summed E-state index contributed by atoms with van der Waals surface area (Å²) in [5.41, 5.74) is 11.1. The number of phenolic OH excluding ortho intramolecular Hbond substituents is 1. The number of likely N-dealkylation sites (tertiary alicyclic amines) is 1. The fourth-order valence-electron chi connectivity index (χ4n) is 6.15. The number of halogens is 2. The predicted molar refractivity (Wildman–Crippen MR) is 175 cm³/mol. The summed E-state index contributed by atoms with van der Waals surface area (Å²) in [6.45, 7) is 4.26. The minimum absolute atomic E-state index is 0.0300. The number of aliphatic hydroxyl groups is 1. The minimum Gasteiger partial charge on any atom is -0.505 e. The van der Waals surface area contributed by atoms with E-state index in [0.29, 0.717) is 57.2 Å². The van der Waals surface area contributed by atoms with Crippen LogP contribution in [0, 0.1) is 11.8 Å². The second-order valence-corrected chi connectivity index (χ2v) is 14.0. The van der Waals surface area contributed by atoms with Crippen LogP contribution in [0.3, 0.4) is 0 Å². The highest BCUT2D eigenvalue weighted by molar-refractivity contribution is 7.80. The van der Waals surface area contributed by atoms with Crippen molar-refractivity contribution in [1.82, 2.24) is 15.5 Å². The van der Waals surface area contributed by atoms with Gasteiger partial charge in [0.1, 0.15) is 18.2 Å². The lowest BCUT2D eigenvalue weighted by Crippen LogP contribution is -2.59. The van der Waals surface area contributed by atoms with Gasteiger partial charge in [0.05, 0.1) is 16.1 Å². The van der Waals surface area contributed by atoms with E-state index in [1.807, 2.05) is 6.92 Å². The smallest absolute Gasteiger partial charge is 0.397 e. The molecular weight excluding hydrogens is 679 g/mol. The summed E-state index contributed by atoms with van der Waals surface area (Å²) in [5.74, 6) is -2.78. The van der Waals surface area contributed by atoms with Gasteiger partial charge in [0.15, 0.2) is 11.7 Å². The number of nitrogens with zero attached hydrogens (tertiary/aromatic N) is 2. The number of hydrogen-bond acceptors (Lipinski definition) is 9. The Morgan fingerprint density at radius 2 is 1.81 bits per heavy atom. The van der Waals surface area contributed by atoms with Crippen LogP contribution in [0.1, 0.15) is 64.4 Å². The second kappa shape index (κ2) is 17.0. The quantitative estimate of drug-likeness (QED) is 0.0588. The first-order valence-corrected chi connectivity index (χ1v) is 17.6. The van der Waals surface area contributed by atoms with Gasteiger partial charge in [-0.2, -0.15) is 8.42 Å². The Morgan fingerprint density at radius 3 is 2.40 bits per heavy atom. The number of aromatic hydroxyl groups is 1. The zero-order valence-electron chi connectivity index (χ0n) is 26.3. The first-order valence-electron chi connectivity index (χ1n) is 15.5. The fraction of sp³-hybridized carbons (Fsp3) is 0.655. The lowest BCUT2D eigenvalue weighted by atomic mass is 9.83. The molecule has 7 unspecified atom stereocenters. The third-order valence-electron chi connectivity index (χ3n) is 8.71. The van der Waals surface area contributed by atoms with Gasteiger partial charge >= 0.3 is 10.4 Å². The Bertz CT molecular complexity index is 1410. The second-order valence-electron chi connectivity index (χ2n) is 12.1. The van der Waals surface area contributed by atoms with Crippen molar-refractivity contribution in [3.63, 3.8) is 0 Å². The zero-order chi connectivity index (χ0) is 35.1. The summed E-state index contributed by atoms with van der Waals surface area (Å²) >= 11 is 12.0. The molecule has 1 aromatic carbocycles. The van der Waals surface area contributed by atoms with Crippen molar-refractivity contribution in [2.24, 2.45) is 28.3 Å². The number of nitrogens with two attached hydrogens (primary N) is 2. The molecule has 0 spiro atoms. The van der Waals surface area contributed by atoms with E-state index in [1.54, 1.807) is 6.92 Å². The summed E-state index contributed by atoms with van der Waals surface area (Å²) in [7, 11) is -4.76. The van der Waals surface area contributed by atoms with Gasteiger partial charge in [-0.3, -0.25) is 23.9 Å². The molecule has 3 amide bonds. The van der Waals surface area contributed by atoms with E-state index in [1.165, 1.54) is 17.0 Å². The maximum atomic E-state index is 14.4. The summed E-state index contributed by atoms with van der Waals surface area (Å²) < 4.78 is 37.1. The highest BCUT2D eigenvalue weighted by Gasteiger charge is 2.51. The molecule has 7 atom stereocenters. The number of aliphatic imine (C=N–C) groups is 1. The van der Waals surface area contributed by atoms with E-state index >= 15 is 0 Å². The van der Waals surface area contributed by atoms with E-state index in [4.69, 9.17) is 38.9 Å². The molecule has 0 radical (unpaired) electrons. The van der Waals surface area contributed by atoms with Crippen LogP contribution in [-0.4, -0.2) is 95.2 Å². The number of nitrogens with one attached hydrogen (secondary N) is 2. The van der Waals surface area contributed by atoms with Crippen molar-refractivity contribution in [2.45, 2.75) is 95.5 Å². The Kier molecular flexibility index (Phi) is 13.9. The molecule has 0 aromatic heterocycles. The first kappa shape index (κ1) is 38.6. The van der Waals surface area contributed by atoms with Crippen LogP contribution in [-0.2, 0) is 35.4 Å². The highest BCUT2D eigenvalue weighted by atomic mass is 35.5. The Labute approximate surface area is 284 Å². The third kappa shape index (κ3) is 10.8. The molecule has 2 aliphatic rings. The van der Waals surface area contributed by atoms with Crippen molar-refractivity contribution in [3.05, 3.63) is 27.7 Å². The van der Waals surface area contributed by atoms with Gasteiger partial charge in [-0.05, 0) is 68.1 Å². The van der Waals surface area contributed by atoms with E-state index < -0.39 is 64.4 Å². The molecule has 18 heteroatoms. The number of aliphatic hydroxyl groups excluding tert-OH is 1. The Balaban J connectivity index is 1.83. The third-order valence-corrected chi connectivity index (χ3v) is 9.80. The average Bonchev–Trinajstić information content (AvgIpc) is 3.37. The van der Waals surface area contributed by atoms with Crippen molar-refractivity contribution in [1.29, 1.82) is 0 Å². The first-order chi connectivity index (χ1) is 22.0. The topological polar surface area (TPSA) is 247 Å². The average molecular weight is 724 g/mol. The molecule has 15 nitrogen and oxygen atoms in total. The van der Waals surface area contributed by atoms with Crippen molar-refractivity contribution < 1.29 is 41.8 Å². The SMILES string of the molecule is CCC(C)C(NC(=O)C(O)Cc1cc(Cl)c(O)c(Cl)c1)C(=O)N1C(C(=O)NCCCCN=C(N)N)CC2CCC(OS(=O)(=O)O)CC21. The Hall–Kier alpha value is -2.89. The number of carbonyl (C=O) groups excluding carboxylic acids is 3. The molecule has 1 saturated carbocycles. The highest BCUT2D eigenvalue weighted by Crippen LogP contribution is 2.42. The van der Waals surface area contributed by atoms with E-state index in [0.717, 1.165) is 0 Å². The summed E-state index contributed by atoms with van der Waals surface area (Å²) in [5, 5.41) is 26.0. The number of unbranched alkanes of at least 4 members (excludes halogenated alkanes) is 1. The van der Waals surface area contributed by atoms with Gasteiger partial charge < -0.3 is 37.2 Å². The van der Waals surface area contributed by atoms with Crippen LogP contribution in [0.4, 0.5) is 0 Å². The van der Waals surface area contributed by atoms with Crippen molar-refractivity contribution in [2.75, 3.05) is 13.1 Å². The summed E-state index contributed by atoms with van der Waals surface area (Å²) in [4.78, 5) is 46.5. The predicted octanol–water partition coefficient (Wildman–Crippen LogP) is 1.26. The molecule has 264 valence electrons. The molecule has 3 rings (SSSR count). The summed E-state index contributed by atoms with van der Waals surface area (Å²) in [6, 6.07) is 0.0357. The van der Waals surface area contributed by atoms with Crippen LogP contribution in [0.25, 0.3) is 0 Å². The number of rotatable bonds is 15. The molecule has 47 heavy (non-hydrogen) atoms. The van der Waals surface area contributed by atoms with Crippen LogP contribution in [0.2, 0.25) is 10.0 Å². The van der Waals surface area contributed by atoms with Crippen LogP contribution < -0.4 is 22.1 Å². The number of fused-ring (bicyclic) bond motifs is 1. The van der Waals surface area contributed by atoms with Crippen molar-refractivity contribution in [3.8, 4) is 5.75 Å². The molecule has 9 N–H and O–H groups in total. The van der Waals surface area contributed by atoms with Crippen LogP contribution in [0.15, 0.2) is 17.1 Å². The number of phenols is 1. The molecule has 1 heterocycles. The summed E-state index contributed by atoms with van der Waals surface area (Å²) in [6.07, 6.45) is -0.0214. The van der Waals surface area contributed by atoms with Crippen LogP contribution >= 0.6 is 23.2 Å². The monoisotopic (exact) mass is 722 g/mol. The molecular formula is C29H44Cl2N6O9S. The minimum atomic E-state index is -4.76. The number of carbonyl (C=O) groups is 3. The fourth-order valence-corrected chi connectivity index (χ4v) is 7.20. The van der Waals surface area contributed by atoms with Crippen molar-refractivity contribution >= 4 is 57.3 Å². The number of guanidine groups is 1. The molecule has 1 aliphatic heterocycles. The van der Waals surface area contributed by atoms with Crippen LogP contribution in [0.5, 0.6) is 5.75 Å². The molecule has 1 aromatic rings. The van der Waals surface area contributed by atoms with E-state index in [-0.39, 0.29) is 40.5 Å². The molecule has 0 bridgehead atoms. The normalized spacial score (nSPS) is 22.9. The van der Waals surface area contributed by atoms with Gasteiger partial charge in [0, 0.05) is 25.6 Å². The molecule has 1 aliphatic carbocycles. The van der Waals surface area contributed by atoms with Gasteiger partial charge in [-0.1, -0.05) is 43.5 Å². The van der Waals surface area contributed by atoms with Gasteiger partial charge in [-0.15, -0.1) is 0 Å². The van der Waals surface area contributed by atoms with Gasteiger partial charge in [0.2, 0.25) is 17.7 Å². The Morgan fingerprint density at radius 1 is 1.15 bits per heavy atom. The number of amides is 3. The van der Waals surface area contributed by atoms with Gasteiger partial charge in [0.25, 0.3) is 0 Å².